The van der Waals surface area contributed by atoms with Crippen molar-refractivity contribution in [2.75, 3.05) is 21.3 Å². The number of aromatic nitrogens is 1. The standard InChI is InChI=1S/C32H37NO8/c1-19(34)30-27(39-2)14-24(15-28(30)40-3)31(37)25(13-20-11-21-7-5-6-8-22(21)12-20)17-33-16-23(9-10-29(35)36)26(18-33)32(38)41-4/h5-8,14-16,18,20,25,31,37H,9-13,17H2,1-4H3,(H,35,36). The Labute approximate surface area is 239 Å². The van der Waals surface area contributed by atoms with E-state index in [-0.39, 0.29) is 24.5 Å². The predicted octanol–water partition coefficient (Wildman–Crippen LogP) is 4.67. The number of ketones is 1. The molecule has 0 amide bonds. The molecule has 4 rings (SSSR count). The van der Waals surface area contributed by atoms with Crippen LogP contribution in [0.2, 0.25) is 0 Å². The van der Waals surface area contributed by atoms with E-state index in [1.165, 1.54) is 39.4 Å². The van der Waals surface area contributed by atoms with E-state index in [9.17, 15) is 24.6 Å². The summed E-state index contributed by atoms with van der Waals surface area (Å²) in [4.78, 5) is 36.0. The van der Waals surface area contributed by atoms with Crippen molar-refractivity contribution >= 4 is 17.7 Å². The molecule has 2 N–H and O–H groups in total. The number of carbonyl (C=O) groups excluding carboxylic acids is 2. The van der Waals surface area contributed by atoms with E-state index in [1.807, 2.05) is 16.7 Å². The quantitative estimate of drug-likeness (QED) is 0.227. The smallest absolute Gasteiger partial charge is 0.339 e. The normalized spacial score (nSPS) is 14.3. The molecule has 41 heavy (non-hydrogen) atoms. The molecule has 0 spiro atoms. The Kier molecular flexibility index (Phi) is 9.50. The topological polar surface area (TPSA) is 124 Å². The van der Waals surface area contributed by atoms with Crippen molar-refractivity contribution < 1.29 is 38.8 Å². The number of aliphatic carboxylic acids is 1. The van der Waals surface area contributed by atoms with Crippen LogP contribution in [0, 0.1) is 11.8 Å². The molecule has 9 nitrogen and oxygen atoms in total. The summed E-state index contributed by atoms with van der Waals surface area (Å²) in [5.74, 6) is -1.06. The highest BCUT2D eigenvalue weighted by Gasteiger charge is 2.31. The van der Waals surface area contributed by atoms with Gasteiger partial charge in [0, 0.05) is 31.3 Å². The van der Waals surface area contributed by atoms with Crippen LogP contribution in [0.4, 0.5) is 0 Å². The number of carboxylic acids is 1. The van der Waals surface area contributed by atoms with Gasteiger partial charge in [0.15, 0.2) is 5.78 Å². The summed E-state index contributed by atoms with van der Waals surface area (Å²) in [5.41, 5.74) is 4.37. The molecule has 1 heterocycles. The van der Waals surface area contributed by atoms with E-state index in [0.29, 0.717) is 52.6 Å². The number of aliphatic hydroxyl groups is 1. The number of ether oxygens (including phenoxy) is 3. The number of benzene rings is 2. The number of hydrogen-bond donors (Lipinski definition) is 2. The molecular weight excluding hydrogens is 526 g/mol. The minimum Gasteiger partial charge on any atom is -0.496 e. The Morgan fingerprint density at radius 3 is 2.12 bits per heavy atom. The second kappa shape index (κ2) is 13.0. The fraction of sp³-hybridized carbons (Fsp3) is 0.406. The lowest BCUT2D eigenvalue weighted by Crippen LogP contribution is -2.22. The molecule has 0 saturated heterocycles. The van der Waals surface area contributed by atoms with E-state index in [4.69, 9.17) is 14.2 Å². The number of aryl methyl sites for hydroxylation is 1. The third-order valence-electron chi connectivity index (χ3n) is 7.86. The molecule has 0 aliphatic heterocycles. The number of rotatable bonds is 13. The number of methoxy groups -OCH3 is 3. The summed E-state index contributed by atoms with van der Waals surface area (Å²) in [7, 11) is 4.23. The van der Waals surface area contributed by atoms with Crippen LogP contribution >= 0.6 is 0 Å². The zero-order valence-corrected chi connectivity index (χ0v) is 23.9. The molecular formula is C32H37NO8. The van der Waals surface area contributed by atoms with Crippen LogP contribution in [0.15, 0.2) is 48.8 Å². The first-order chi connectivity index (χ1) is 19.6. The zero-order chi connectivity index (χ0) is 29.7. The van der Waals surface area contributed by atoms with Crippen molar-refractivity contribution in [3.63, 3.8) is 0 Å². The van der Waals surface area contributed by atoms with Crippen molar-refractivity contribution in [1.29, 1.82) is 0 Å². The highest BCUT2D eigenvalue weighted by Crippen LogP contribution is 2.39. The van der Waals surface area contributed by atoms with E-state index < -0.39 is 18.0 Å². The van der Waals surface area contributed by atoms with Crippen molar-refractivity contribution in [2.45, 2.75) is 51.7 Å². The average molecular weight is 564 g/mol. The Morgan fingerprint density at radius 1 is 1.00 bits per heavy atom. The molecule has 1 aliphatic carbocycles. The number of carboxylic acid groups (broad SMARTS) is 1. The first kappa shape index (κ1) is 29.9. The maximum absolute atomic E-state index is 12.5. The minimum atomic E-state index is -0.959. The fourth-order valence-electron chi connectivity index (χ4n) is 5.94. The Balaban J connectivity index is 1.69. The number of fused-ring (bicyclic) bond motifs is 1. The Morgan fingerprint density at radius 2 is 1.61 bits per heavy atom. The molecule has 0 fully saturated rings. The van der Waals surface area contributed by atoms with Crippen molar-refractivity contribution in [3.05, 3.63) is 82.2 Å². The maximum Gasteiger partial charge on any atom is 0.339 e. The molecule has 218 valence electrons. The highest BCUT2D eigenvalue weighted by atomic mass is 16.5. The lowest BCUT2D eigenvalue weighted by atomic mass is 9.85. The van der Waals surface area contributed by atoms with Crippen LogP contribution in [0.5, 0.6) is 11.5 Å². The van der Waals surface area contributed by atoms with Crippen LogP contribution < -0.4 is 9.47 Å². The molecule has 0 bridgehead atoms. The van der Waals surface area contributed by atoms with Crippen LogP contribution in [-0.2, 0) is 35.3 Å². The van der Waals surface area contributed by atoms with Gasteiger partial charge in [-0.15, -0.1) is 0 Å². The number of hydrogen-bond acceptors (Lipinski definition) is 7. The van der Waals surface area contributed by atoms with Gasteiger partial charge in [0.1, 0.15) is 17.1 Å². The molecule has 9 heteroatoms. The monoisotopic (exact) mass is 563 g/mol. The first-order valence-corrected chi connectivity index (χ1v) is 13.7. The number of carbonyl (C=O) groups is 3. The van der Waals surface area contributed by atoms with Gasteiger partial charge in [-0.3, -0.25) is 9.59 Å². The van der Waals surface area contributed by atoms with Gasteiger partial charge in [0.25, 0.3) is 0 Å². The largest absolute Gasteiger partial charge is 0.496 e. The maximum atomic E-state index is 12.5. The zero-order valence-electron chi connectivity index (χ0n) is 23.9. The van der Waals surface area contributed by atoms with Crippen molar-refractivity contribution in [2.24, 2.45) is 11.8 Å². The predicted molar refractivity (Wildman–Crippen MR) is 152 cm³/mol. The summed E-state index contributed by atoms with van der Waals surface area (Å²) in [6.07, 6.45) is 5.02. The second-order valence-corrected chi connectivity index (χ2v) is 10.6. The van der Waals surface area contributed by atoms with E-state index in [2.05, 4.69) is 12.1 Å². The van der Waals surface area contributed by atoms with Gasteiger partial charge in [0.2, 0.25) is 0 Å². The number of nitrogens with zero attached hydrogens (tertiary/aromatic N) is 1. The molecule has 2 unspecified atom stereocenters. The van der Waals surface area contributed by atoms with Crippen LogP contribution in [0.3, 0.4) is 0 Å². The van der Waals surface area contributed by atoms with Gasteiger partial charge in [-0.1, -0.05) is 24.3 Å². The lowest BCUT2D eigenvalue weighted by molar-refractivity contribution is -0.136. The number of Topliss-reactive ketones (excluding diaryl/α,β-unsaturated/α-hetero) is 1. The van der Waals surface area contributed by atoms with Gasteiger partial charge in [-0.25, -0.2) is 4.79 Å². The van der Waals surface area contributed by atoms with E-state index >= 15 is 0 Å². The van der Waals surface area contributed by atoms with Gasteiger partial charge in [0.05, 0.1) is 33.0 Å². The van der Waals surface area contributed by atoms with E-state index in [1.54, 1.807) is 24.5 Å². The Bertz CT molecular complexity index is 1370. The summed E-state index contributed by atoms with van der Waals surface area (Å²) >= 11 is 0. The third kappa shape index (κ3) is 6.79. The third-order valence-corrected chi connectivity index (χ3v) is 7.86. The van der Waals surface area contributed by atoms with Crippen molar-refractivity contribution in [1.82, 2.24) is 4.57 Å². The SMILES string of the molecule is COC(=O)c1cn(CC(CC2Cc3ccccc3C2)C(O)c2cc(OC)c(C(C)=O)c(OC)c2)cc1CCC(=O)O. The molecule has 1 aromatic heterocycles. The van der Waals surface area contributed by atoms with Crippen molar-refractivity contribution in [3.8, 4) is 11.5 Å². The van der Waals surface area contributed by atoms with Gasteiger partial charge < -0.3 is 29.0 Å². The number of aliphatic hydroxyl groups excluding tert-OH is 1. The Hall–Kier alpha value is -4.11. The number of esters is 1. The second-order valence-electron chi connectivity index (χ2n) is 10.6. The molecule has 2 aromatic carbocycles. The van der Waals surface area contributed by atoms with Gasteiger partial charge in [-0.05, 0) is 72.9 Å². The summed E-state index contributed by atoms with van der Waals surface area (Å²) in [5, 5.41) is 21.0. The van der Waals surface area contributed by atoms with Gasteiger partial charge >= 0.3 is 11.9 Å². The molecule has 0 radical (unpaired) electrons. The van der Waals surface area contributed by atoms with E-state index in [0.717, 1.165) is 12.8 Å². The summed E-state index contributed by atoms with van der Waals surface area (Å²) < 4.78 is 17.8. The average Bonchev–Trinajstić information content (AvgIpc) is 3.57. The van der Waals surface area contributed by atoms with Crippen LogP contribution in [0.25, 0.3) is 0 Å². The van der Waals surface area contributed by atoms with Crippen LogP contribution in [0.1, 0.15) is 68.8 Å². The minimum absolute atomic E-state index is 0.123. The molecule has 2 atom stereocenters. The first-order valence-electron chi connectivity index (χ1n) is 13.7. The lowest BCUT2D eigenvalue weighted by Gasteiger charge is -2.27. The highest BCUT2D eigenvalue weighted by molar-refractivity contribution is 5.99. The molecule has 0 saturated carbocycles. The summed E-state index contributed by atoms with van der Waals surface area (Å²) in [6.45, 7) is 1.80. The van der Waals surface area contributed by atoms with Crippen LogP contribution in [-0.4, -0.2) is 53.8 Å². The van der Waals surface area contributed by atoms with Gasteiger partial charge in [-0.2, -0.15) is 0 Å². The fourth-order valence-corrected chi connectivity index (χ4v) is 5.94. The summed E-state index contributed by atoms with van der Waals surface area (Å²) in [6, 6.07) is 11.7. The molecule has 1 aliphatic rings. The molecule has 3 aromatic rings.